The Balaban J connectivity index is 2.24. The van der Waals surface area contributed by atoms with Crippen molar-refractivity contribution < 1.29 is 23.2 Å². The van der Waals surface area contributed by atoms with E-state index in [1.165, 1.54) is 7.11 Å². The van der Waals surface area contributed by atoms with Gasteiger partial charge in [0.2, 0.25) is 0 Å². The summed E-state index contributed by atoms with van der Waals surface area (Å²) in [6.45, 7) is -0.991. The molecule has 1 aromatic rings. The average Bonchev–Trinajstić information content (AvgIpc) is 3.24. The molecule has 22 heavy (non-hydrogen) atoms. The minimum absolute atomic E-state index is 0.0250. The summed E-state index contributed by atoms with van der Waals surface area (Å²) in [4.78, 5) is 14.2. The van der Waals surface area contributed by atoms with Gasteiger partial charge in [-0.05, 0) is 6.42 Å². The number of ether oxygens (including phenoxy) is 2. The molecule has 0 aromatic heterocycles. The maximum Gasteiger partial charge on any atom is 0.283 e. The smallest absolute Gasteiger partial charge is 0.283 e. The zero-order valence-electron chi connectivity index (χ0n) is 11.6. The van der Waals surface area contributed by atoms with Crippen LogP contribution in [-0.4, -0.2) is 30.8 Å². The van der Waals surface area contributed by atoms with Gasteiger partial charge in [0, 0.05) is 17.5 Å². The Morgan fingerprint density at radius 1 is 1.64 bits per heavy atom. The predicted molar refractivity (Wildman–Crippen MR) is 71.9 cm³/mol. The highest BCUT2D eigenvalue weighted by atomic mass is 19.1. The normalized spacial score (nSPS) is 29.1. The lowest BCUT2D eigenvalue weighted by molar-refractivity contribution is -0.385. The first-order chi connectivity index (χ1) is 10.4. The van der Waals surface area contributed by atoms with Crippen molar-refractivity contribution in [2.24, 2.45) is 16.6 Å². The van der Waals surface area contributed by atoms with Crippen LogP contribution >= 0.6 is 0 Å². The van der Waals surface area contributed by atoms with Crippen molar-refractivity contribution in [3.63, 3.8) is 0 Å². The highest BCUT2D eigenvalue weighted by Crippen LogP contribution is 2.55. The van der Waals surface area contributed by atoms with E-state index in [0.29, 0.717) is 6.42 Å². The molecule has 3 atom stereocenters. The highest BCUT2D eigenvalue weighted by Gasteiger charge is 2.60. The van der Waals surface area contributed by atoms with E-state index in [2.05, 4.69) is 4.99 Å². The number of hydrogen-bond acceptors (Lipinski definition) is 6. The average molecular weight is 313 g/mol. The van der Waals surface area contributed by atoms with Crippen molar-refractivity contribution in [2.75, 3.05) is 13.8 Å². The molecule has 1 aliphatic heterocycles. The van der Waals surface area contributed by atoms with Crippen molar-refractivity contribution in [3.8, 4) is 5.75 Å². The van der Waals surface area contributed by atoms with Crippen LogP contribution in [0.5, 0.6) is 5.75 Å². The highest BCUT2D eigenvalue weighted by molar-refractivity contribution is 5.74. The Kier molecular flexibility index (Phi) is 3.15. The second kappa shape index (κ2) is 4.79. The molecule has 1 saturated carbocycles. The summed E-state index contributed by atoms with van der Waals surface area (Å²) in [6.07, 6.45) is 0.168. The molecule has 0 bridgehead atoms. The monoisotopic (exact) mass is 313 g/mol. The van der Waals surface area contributed by atoms with Gasteiger partial charge < -0.3 is 15.2 Å². The fraction of sp³-hybridized carbons (Fsp3) is 0.462. The Morgan fingerprint density at radius 3 is 2.95 bits per heavy atom. The molecule has 0 spiro atoms. The van der Waals surface area contributed by atoms with Gasteiger partial charge in [-0.3, -0.25) is 10.1 Å². The Labute approximate surface area is 123 Å². The van der Waals surface area contributed by atoms with Gasteiger partial charge in [0.05, 0.1) is 18.1 Å². The first-order valence-electron chi connectivity index (χ1n) is 6.53. The summed E-state index contributed by atoms with van der Waals surface area (Å²) in [5, 5.41) is 11.0. The summed E-state index contributed by atoms with van der Waals surface area (Å²) in [5.41, 5.74) is 3.51. The molecule has 9 heteroatoms. The first-order valence-corrected chi connectivity index (χ1v) is 6.53. The molecule has 0 unspecified atom stereocenters. The van der Waals surface area contributed by atoms with E-state index in [0.717, 1.165) is 12.1 Å². The maximum absolute atomic E-state index is 14.1. The molecule has 1 fully saturated rings. The van der Waals surface area contributed by atoms with Gasteiger partial charge in [-0.2, -0.15) is 0 Å². The lowest BCUT2D eigenvalue weighted by Crippen LogP contribution is -2.39. The number of nitrogens with zero attached hydrogens (tertiary/aromatic N) is 2. The summed E-state index contributed by atoms with van der Waals surface area (Å²) in [7, 11) is 1.20. The molecule has 2 N–H and O–H groups in total. The quantitative estimate of drug-likeness (QED) is 0.673. The van der Waals surface area contributed by atoms with Crippen LogP contribution in [0.3, 0.4) is 0 Å². The standard InChI is InChI=1S/C13H13F2N3O4/c1-21-11-8(2-6(18(19)20)3-9(11)15)13(5-14)7-4-10(7)22-12(16)17-13/h2-3,7,10H,4-5H2,1H3,(H2,16,17)/t7-,10+,13-/m0/s1. The van der Waals surface area contributed by atoms with Crippen LogP contribution in [-0.2, 0) is 10.3 Å². The van der Waals surface area contributed by atoms with Crippen molar-refractivity contribution in [2.45, 2.75) is 18.1 Å². The largest absolute Gasteiger partial charge is 0.493 e. The van der Waals surface area contributed by atoms with Crippen molar-refractivity contribution >= 4 is 11.7 Å². The number of nitro groups is 1. The Hall–Kier alpha value is -2.45. The van der Waals surface area contributed by atoms with Gasteiger partial charge in [0.25, 0.3) is 11.7 Å². The third-order valence-corrected chi connectivity index (χ3v) is 4.04. The molecular formula is C13H13F2N3O4. The molecule has 7 nitrogen and oxygen atoms in total. The van der Waals surface area contributed by atoms with E-state index < -0.39 is 28.6 Å². The third kappa shape index (κ3) is 1.96. The van der Waals surface area contributed by atoms with Crippen molar-refractivity contribution in [3.05, 3.63) is 33.6 Å². The van der Waals surface area contributed by atoms with Gasteiger partial charge in [-0.1, -0.05) is 0 Å². The Bertz CT molecular complexity index is 681. The minimum Gasteiger partial charge on any atom is -0.493 e. The predicted octanol–water partition coefficient (Wildman–Crippen LogP) is 1.64. The number of non-ortho nitro benzene ring substituents is 1. The van der Waals surface area contributed by atoms with E-state index in [-0.39, 0.29) is 29.4 Å². The number of fused-ring (bicyclic) bond motifs is 1. The number of amidine groups is 1. The molecule has 118 valence electrons. The second-order valence-electron chi connectivity index (χ2n) is 5.27. The fourth-order valence-corrected chi connectivity index (χ4v) is 2.94. The van der Waals surface area contributed by atoms with Gasteiger partial charge in [0.15, 0.2) is 11.6 Å². The summed E-state index contributed by atoms with van der Waals surface area (Å²) >= 11 is 0. The van der Waals surface area contributed by atoms with E-state index in [1.807, 2.05) is 0 Å². The van der Waals surface area contributed by atoms with Crippen molar-refractivity contribution in [1.82, 2.24) is 0 Å². The molecule has 0 saturated heterocycles. The lowest BCUT2D eigenvalue weighted by Gasteiger charge is -2.32. The minimum atomic E-state index is -1.52. The summed E-state index contributed by atoms with van der Waals surface area (Å²) < 4.78 is 38.2. The second-order valence-corrected chi connectivity index (χ2v) is 5.27. The van der Waals surface area contributed by atoms with Crippen LogP contribution in [0, 0.1) is 21.8 Å². The number of hydrogen-bond donors (Lipinski definition) is 1. The number of methoxy groups -OCH3 is 1. The number of aliphatic imine (C=N–C) groups is 1. The van der Waals surface area contributed by atoms with Gasteiger partial charge in [0.1, 0.15) is 18.3 Å². The van der Waals surface area contributed by atoms with E-state index in [9.17, 15) is 18.9 Å². The zero-order chi connectivity index (χ0) is 16.1. The van der Waals surface area contributed by atoms with Crippen LogP contribution in [0.15, 0.2) is 17.1 Å². The zero-order valence-corrected chi connectivity index (χ0v) is 11.6. The number of nitrogens with two attached hydrogens (primary N) is 1. The molecule has 0 amide bonds. The van der Waals surface area contributed by atoms with E-state index in [1.54, 1.807) is 0 Å². The molecule has 3 rings (SSSR count). The topological polar surface area (TPSA) is 100.0 Å². The molecule has 1 aliphatic carbocycles. The van der Waals surface area contributed by atoms with E-state index in [4.69, 9.17) is 15.2 Å². The van der Waals surface area contributed by atoms with Gasteiger partial charge in [-0.25, -0.2) is 13.8 Å². The van der Waals surface area contributed by atoms with Crippen LogP contribution in [0.4, 0.5) is 14.5 Å². The van der Waals surface area contributed by atoms with Gasteiger partial charge >= 0.3 is 0 Å². The van der Waals surface area contributed by atoms with Crippen LogP contribution in [0.1, 0.15) is 12.0 Å². The van der Waals surface area contributed by atoms with Crippen molar-refractivity contribution in [1.29, 1.82) is 0 Å². The SMILES string of the molecule is COc1c(F)cc([N+](=O)[O-])cc1[C@@]1(CF)N=C(N)O[C@@H]2C[C@@H]21. The lowest BCUT2D eigenvalue weighted by atomic mass is 9.85. The number of nitro benzene ring substituents is 1. The molecule has 1 aromatic carbocycles. The number of halogens is 2. The van der Waals surface area contributed by atoms with E-state index >= 15 is 0 Å². The number of benzene rings is 1. The Morgan fingerprint density at radius 2 is 2.36 bits per heavy atom. The molecule has 0 radical (unpaired) electrons. The molecular weight excluding hydrogens is 300 g/mol. The number of rotatable bonds is 4. The summed E-state index contributed by atoms with van der Waals surface area (Å²) in [5.74, 6) is -1.58. The fourth-order valence-electron chi connectivity index (χ4n) is 2.94. The maximum atomic E-state index is 14.1. The molecule has 2 aliphatic rings. The van der Waals surface area contributed by atoms with Gasteiger partial charge in [-0.15, -0.1) is 0 Å². The van der Waals surface area contributed by atoms with Crippen LogP contribution in [0.25, 0.3) is 0 Å². The molecule has 1 heterocycles. The first kappa shape index (κ1) is 14.5. The number of alkyl halides is 1. The van der Waals surface area contributed by atoms with Crippen LogP contribution in [0.2, 0.25) is 0 Å². The summed E-state index contributed by atoms with van der Waals surface area (Å²) in [6, 6.07) is 1.59. The van der Waals surface area contributed by atoms with Crippen LogP contribution < -0.4 is 10.5 Å². The third-order valence-electron chi connectivity index (χ3n) is 4.04.